The molecule has 0 bridgehead atoms. The summed E-state index contributed by atoms with van der Waals surface area (Å²) in [5.74, 6) is 0.468. The molecule has 0 saturated heterocycles. The van der Waals surface area contributed by atoms with Gasteiger partial charge in [0.15, 0.2) is 0 Å². The van der Waals surface area contributed by atoms with Crippen LogP contribution in [0.1, 0.15) is 22.7 Å². The first-order valence-electron chi connectivity index (χ1n) is 5.98. The molecular formula is C14H15N5. The first kappa shape index (κ1) is 13.0. The van der Waals surface area contributed by atoms with Gasteiger partial charge in [-0.3, -0.25) is 0 Å². The molecule has 0 spiro atoms. The third-order valence-corrected chi connectivity index (χ3v) is 2.80. The lowest BCUT2D eigenvalue weighted by atomic mass is 10.1. The van der Waals surface area contributed by atoms with E-state index in [1.54, 1.807) is 0 Å². The molecular weight excluding hydrogens is 238 g/mol. The van der Waals surface area contributed by atoms with Crippen LogP contribution in [0.5, 0.6) is 0 Å². The van der Waals surface area contributed by atoms with Crippen LogP contribution in [0.4, 0.5) is 5.95 Å². The fourth-order valence-corrected chi connectivity index (χ4v) is 1.69. The number of nitriles is 1. The minimum absolute atomic E-state index is 0.0477. The number of nitrogens with one attached hydrogen (secondary N) is 1. The summed E-state index contributed by atoms with van der Waals surface area (Å²) in [5, 5.41) is 11.8. The number of nitrogens with two attached hydrogens (primary N) is 1. The summed E-state index contributed by atoms with van der Waals surface area (Å²) in [4.78, 5) is 8.16. The van der Waals surface area contributed by atoms with E-state index in [9.17, 15) is 0 Å². The summed E-state index contributed by atoms with van der Waals surface area (Å²) in [7, 11) is 0. The molecule has 0 aliphatic rings. The van der Waals surface area contributed by atoms with Gasteiger partial charge in [0.25, 0.3) is 0 Å². The zero-order chi connectivity index (χ0) is 13.7. The lowest BCUT2D eigenvalue weighted by Gasteiger charge is -2.17. The van der Waals surface area contributed by atoms with Crippen LogP contribution in [0.25, 0.3) is 0 Å². The highest BCUT2D eigenvalue weighted by atomic mass is 15.1. The molecule has 0 radical (unpaired) electrons. The van der Waals surface area contributed by atoms with E-state index in [0.29, 0.717) is 18.1 Å². The molecule has 0 aliphatic carbocycles. The number of benzene rings is 1. The van der Waals surface area contributed by atoms with Crippen molar-refractivity contribution in [1.82, 2.24) is 9.97 Å². The predicted octanol–water partition coefficient (Wildman–Crippen LogP) is 1.77. The second kappa shape index (κ2) is 5.94. The Morgan fingerprint density at radius 3 is 2.42 bits per heavy atom. The smallest absolute Gasteiger partial charge is 0.223 e. The van der Waals surface area contributed by atoms with Gasteiger partial charge in [0.2, 0.25) is 5.95 Å². The summed E-state index contributed by atoms with van der Waals surface area (Å²) in [6, 6.07) is 10.1. The first-order valence-corrected chi connectivity index (χ1v) is 5.98. The molecule has 1 aromatic heterocycles. The van der Waals surface area contributed by atoms with Crippen LogP contribution in [0, 0.1) is 18.3 Å². The summed E-state index contributed by atoms with van der Waals surface area (Å²) in [6.07, 6.45) is 2.97. The number of hydrogen-bond acceptors (Lipinski definition) is 5. The van der Waals surface area contributed by atoms with Crippen LogP contribution in [0.3, 0.4) is 0 Å². The van der Waals surface area contributed by atoms with E-state index < -0.39 is 0 Å². The number of aryl methyl sites for hydroxylation is 1. The molecule has 5 nitrogen and oxygen atoms in total. The van der Waals surface area contributed by atoms with Gasteiger partial charge in [-0.05, 0) is 12.5 Å². The highest BCUT2D eigenvalue weighted by molar-refractivity contribution is 5.35. The van der Waals surface area contributed by atoms with E-state index in [0.717, 1.165) is 5.56 Å². The highest BCUT2D eigenvalue weighted by Crippen LogP contribution is 2.16. The van der Waals surface area contributed by atoms with Crippen molar-refractivity contribution in [2.24, 2.45) is 5.73 Å². The van der Waals surface area contributed by atoms with Crippen molar-refractivity contribution in [3.63, 3.8) is 0 Å². The highest BCUT2D eigenvalue weighted by Gasteiger charge is 2.10. The van der Waals surface area contributed by atoms with Crippen molar-refractivity contribution in [2.45, 2.75) is 13.0 Å². The molecule has 2 rings (SSSR count). The largest absolute Gasteiger partial charge is 0.346 e. The molecule has 0 fully saturated rings. The van der Waals surface area contributed by atoms with E-state index in [1.807, 2.05) is 37.3 Å². The van der Waals surface area contributed by atoms with Gasteiger partial charge in [0, 0.05) is 6.54 Å². The number of nitrogens with zero attached hydrogens (tertiary/aromatic N) is 3. The number of aromatic nitrogens is 2. The van der Waals surface area contributed by atoms with E-state index in [-0.39, 0.29) is 6.04 Å². The van der Waals surface area contributed by atoms with Crippen molar-refractivity contribution < 1.29 is 0 Å². The number of hydrogen-bond donors (Lipinski definition) is 2. The maximum absolute atomic E-state index is 8.69. The molecule has 1 atom stereocenters. The van der Waals surface area contributed by atoms with Gasteiger partial charge >= 0.3 is 0 Å². The molecule has 2 aromatic rings. The zero-order valence-electron chi connectivity index (χ0n) is 10.7. The second-order valence-corrected chi connectivity index (χ2v) is 4.25. The van der Waals surface area contributed by atoms with E-state index >= 15 is 0 Å². The third-order valence-electron chi connectivity index (χ3n) is 2.80. The fraction of sp³-hybridized carbons (Fsp3) is 0.214. The molecule has 1 unspecified atom stereocenters. The molecule has 96 valence electrons. The summed E-state index contributed by atoms with van der Waals surface area (Å²) in [6.45, 7) is 2.48. The Morgan fingerprint density at radius 2 is 1.89 bits per heavy atom. The Bertz CT molecular complexity index is 568. The Labute approximate surface area is 112 Å². The molecule has 19 heavy (non-hydrogen) atoms. The second-order valence-electron chi connectivity index (χ2n) is 4.25. The predicted molar refractivity (Wildman–Crippen MR) is 73.3 cm³/mol. The Kier molecular flexibility index (Phi) is 4.06. The van der Waals surface area contributed by atoms with Gasteiger partial charge in [-0.2, -0.15) is 5.26 Å². The van der Waals surface area contributed by atoms with E-state index in [4.69, 9.17) is 11.0 Å². The Morgan fingerprint density at radius 1 is 1.26 bits per heavy atom. The van der Waals surface area contributed by atoms with Gasteiger partial charge in [-0.15, -0.1) is 0 Å². The van der Waals surface area contributed by atoms with Crippen LogP contribution >= 0.6 is 0 Å². The van der Waals surface area contributed by atoms with Crippen molar-refractivity contribution in [1.29, 1.82) is 5.26 Å². The summed E-state index contributed by atoms with van der Waals surface area (Å²) < 4.78 is 0. The Balaban J connectivity index is 2.14. The molecule has 0 amide bonds. The lowest BCUT2D eigenvalue weighted by Crippen LogP contribution is -2.21. The van der Waals surface area contributed by atoms with Crippen LogP contribution in [-0.2, 0) is 0 Å². The average molecular weight is 253 g/mol. The zero-order valence-corrected chi connectivity index (χ0v) is 10.7. The monoisotopic (exact) mass is 253 g/mol. The van der Waals surface area contributed by atoms with Gasteiger partial charge in [-0.1, -0.05) is 29.8 Å². The SMILES string of the molecule is Cc1ccc(C(CN)Nc2ncc(C#N)cn2)cc1. The fourth-order valence-electron chi connectivity index (χ4n) is 1.69. The minimum atomic E-state index is -0.0477. The summed E-state index contributed by atoms with van der Waals surface area (Å²) in [5.41, 5.74) is 8.50. The molecule has 5 heteroatoms. The summed E-state index contributed by atoms with van der Waals surface area (Å²) >= 11 is 0. The standard InChI is InChI=1S/C14H15N5/c1-10-2-4-12(5-3-10)13(7-16)19-14-17-8-11(6-15)9-18-14/h2-5,8-9,13H,7,16H2,1H3,(H,17,18,19). The minimum Gasteiger partial charge on any atom is -0.346 e. The van der Waals surface area contributed by atoms with Gasteiger partial charge < -0.3 is 11.1 Å². The molecule has 0 aliphatic heterocycles. The van der Waals surface area contributed by atoms with Crippen LogP contribution in [-0.4, -0.2) is 16.5 Å². The number of rotatable bonds is 4. The normalized spacial score (nSPS) is 11.6. The lowest BCUT2D eigenvalue weighted by molar-refractivity contribution is 0.776. The average Bonchev–Trinajstić information content (AvgIpc) is 2.46. The van der Waals surface area contributed by atoms with Crippen molar-refractivity contribution in [2.75, 3.05) is 11.9 Å². The molecule has 1 aromatic carbocycles. The van der Waals surface area contributed by atoms with Crippen molar-refractivity contribution in [3.05, 3.63) is 53.3 Å². The maximum Gasteiger partial charge on any atom is 0.223 e. The van der Waals surface area contributed by atoms with Crippen molar-refractivity contribution >= 4 is 5.95 Å². The molecule has 0 saturated carbocycles. The third kappa shape index (κ3) is 3.27. The van der Waals surface area contributed by atoms with Crippen LogP contribution < -0.4 is 11.1 Å². The number of anilines is 1. The van der Waals surface area contributed by atoms with Crippen LogP contribution in [0.15, 0.2) is 36.7 Å². The van der Waals surface area contributed by atoms with E-state index in [1.165, 1.54) is 18.0 Å². The first-order chi connectivity index (χ1) is 9.22. The van der Waals surface area contributed by atoms with Crippen molar-refractivity contribution in [3.8, 4) is 6.07 Å². The quantitative estimate of drug-likeness (QED) is 0.867. The van der Waals surface area contributed by atoms with Gasteiger partial charge in [0.05, 0.1) is 24.0 Å². The topological polar surface area (TPSA) is 87.6 Å². The van der Waals surface area contributed by atoms with Crippen LogP contribution in [0.2, 0.25) is 0 Å². The maximum atomic E-state index is 8.69. The Hall–Kier alpha value is -2.45. The molecule has 1 heterocycles. The van der Waals surface area contributed by atoms with Gasteiger partial charge in [-0.25, -0.2) is 9.97 Å². The van der Waals surface area contributed by atoms with E-state index in [2.05, 4.69) is 15.3 Å². The molecule has 3 N–H and O–H groups in total. The van der Waals surface area contributed by atoms with Gasteiger partial charge in [0.1, 0.15) is 6.07 Å².